The van der Waals surface area contributed by atoms with E-state index in [0.717, 1.165) is 31.7 Å². The molecular formula is C16H19FN6O2. The summed E-state index contributed by atoms with van der Waals surface area (Å²) < 4.78 is 19.0. The number of hydrogen-bond donors (Lipinski definition) is 2. The molecule has 0 radical (unpaired) electrons. The molecule has 2 fully saturated rings. The molecule has 2 atom stereocenters. The van der Waals surface area contributed by atoms with Gasteiger partial charge in [0.05, 0.1) is 49.7 Å². The molecule has 4 heterocycles. The van der Waals surface area contributed by atoms with E-state index < -0.39 is 5.82 Å². The third kappa shape index (κ3) is 3.32. The Bertz CT molecular complexity index is 738. The van der Waals surface area contributed by atoms with Crippen molar-refractivity contribution in [1.82, 2.24) is 24.8 Å². The number of aromatic nitrogens is 4. The van der Waals surface area contributed by atoms with Crippen molar-refractivity contribution in [2.45, 2.75) is 30.9 Å². The van der Waals surface area contributed by atoms with Gasteiger partial charge in [-0.3, -0.25) is 4.79 Å². The van der Waals surface area contributed by atoms with E-state index in [1.807, 2.05) is 4.90 Å². The lowest BCUT2D eigenvalue weighted by molar-refractivity contribution is -0.0448. The van der Waals surface area contributed by atoms with Crippen LogP contribution in [0, 0.1) is 5.82 Å². The standard InChI is InChI=1S/C16H19FN6O2/c17-11-5-19-15(20-6-11)22-12-4-16(25-8-12)2-1-3-23(9-16)14(24)13-7-18-10-21-13/h5-7,10,12H,1-4,8-9H2,(H,18,21)(H,19,20,22)/t12-,16-/m0/s1. The summed E-state index contributed by atoms with van der Waals surface area (Å²) in [7, 11) is 0. The maximum atomic E-state index is 12.9. The number of amides is 1. The first-order chi connectivity index (χ1) is 12.1. The van der Waals surface area contributed by atoms with Gasteiger partial charge in [-0.25, -0.2) is 19.3 Å². The van der Waals surface area contributed by atoms with Crippen LogP contribution < -0.4 is 5.32 Å². The number of halogens is 1. The monoisotopic (exact) mass is 346 g/mol. The summed E-state index contributed by atoms with van der Waals surface area (Å²) in [5.74, 6) is -0.142. The number of rotatable bonds is 3. The molecule has 0 bridgehead atoms. The molecular weight excluding hydrogens is 327 g/mol. The van der Waals surface area contributed by atoms with E-state index in [2.05, 4.69) is 25.3 Å². The highest BCUT2D eigenvalue weighted by Crippen LogP contribution is 2.35. The van der Waals surface area contributed by atoms with Gasteiger partial charge in [0.15, 0.2) is 5.82 Å². The highest BCUT2D eigenvalue weighted by atomic mass is 19.1. The predicted molar refractivity (Wildman–Crippen MR) is 86.4 cm³/mol. The number of carbonyl (C=O) groups excluding carboxylic acids is 1. The third-order valence-corrected chi connectivity index (χ3v) is 4.72. The molecule has 8 nitrogen and oxygen atoms in total. The molecule has 2 aliphatic heterocycles. The van der Waals surface area contributed by atoms with Crippen LogP contribution >= 0.6 is 0 Å². The van der Waals surface area contributed by atoms with Crippen molar-refractivity contribution in [3.8, 4) is 0 Å². The van der Waals surface area contributed by atoms with Gasteiger partial charge in [-0.2, -0.15) is 0 Å². The van der Waals surface area contributed by atoms with Crippen LogP contribution in [0.4, 0.5) is 10.3 Å². The Morgan fingerprint density at radius 3 is 3.00 bits per heavy atom. The van der Waals surface area contributed by atoms with Crippen molar-refractivity contribution in [3.63, 3.8) is 0 Å². The second-order valence-electron chi connectivity index (χ2n) is 6.56. The first kappa shape index (κ1) is 15.9. The topological polar surface area (TPSA) is 96.0 Å². The number of H-pyrrole nitrogens is 1. The Balaban J connectivity index is 1.40. The molecule has 1 amide bonds. The van der Waals surface area contributed by atoms with Gasteiger partial charge >= 0.3 is 0 Å². The minimum absolute atomic E-state index is 0.0349. The van der Waals surface area contributed by atoms with Crippen LogP contribution in [0.3, 0.4) is 0 Å². The zero-order chi connectivity index (χ0) is 17.3. The summed E-state index contributed by atoms with van der Waals surface area (Å²) in [6, 6.07) is 0.0349. The molecule has 132 valence electrons. The van der Waals surface area contributed by atoms with Crippen molar-refractivity contribution in [3.05, 3.63) is 36.4 Å². The molecule has 2 aromatic heterocycles. The Morgan fingerprint density at radius 1 is 1.40 bits per heavy atom. The lowest BCUT2D eigenvalue weighted by atomic mass is 9.88. The average Bonchev–Trinajstić information content (AvgIpc) is 3.27. The maximum Gasteiger partial charge on any atom is 0.272 e. The SMILES string of the molecule is O=C(c1cnc[nH]1)N1CCC[C@]2(C[C@H](Nc3ncc(F)cn3)CO2)C1. The molecule has 1 spiro atoms. The van der Waals surface area contributed by atoms with Gasteiger partial charge in [0.2, 0.25) is 5.95 Å². The number of aromatic amines is 1. The lowest BCUT2D eigenvalue weighted by Crippen LogP contribution is -2.50. The molecule has 2 aromatic rings. The van der Waals surface area contributed by atoms with Gasteiger partial charge in [0, 0.05) is 13.0 Å². The molecule has 0 saturated carbocycles. The van der Waals surface area contributed by atoms with Gasteiger partial charge < -0.3 is 19.9 Å². The number of imidazole rings is 1. The normalized spacial score (nSPS) is 26.1. The number of hydrogen-bond acceptors (Lipinski definition) is 6. The molecule has 0 unspecified atom stereocenters. The van der Waals surface area contributed by atoms with Crippen LogP contribution in [0.15, 0.2) is 24.9 Å². The number of ether oxygens (including phenoxy) is 1. The van der Waals surface area contributed by atoms with E-state index in [4.69, 9.17) is 4.74 Å². The summed E-state index contributed by atoms with van der Waals surface area (Å²) in [6.07, 6.45) is 7.85. The van der Waals surface area contributed by atoms with Gasteiger partial charge in [-0.15, -0.1) is 0 Å². The highest BCUT2D eigenvalue weighted by Gasteiger charge is 2.44. The predicted octanol–water partition coefficient (Wildman–Crippen LogP) is 1.21. The van der Waals surface area contributed by atoms with Gasteiger partial charge in [0.1, 0.15) is 5.69 Å². The number of anilines is 1. The van der Waals surface area contributed by atoms with Gasteiger partial charge in [-0.05, 0) is 12.8 Å². The quantitative estimate of drug-likeness (QED) is 0.867. The minimum Gasteiger partial charge on any atom is -0.371 e. The number of carbonyl (C=O) groups is 1. The van der Waals surface area contributed by atoms with Crippen LogP contribution in [0.5, 0.6) is 0 Å². The Labute approximate surface area is 143 Å². The molecule has 0 aromatic carbocycles. The van der Waals surface area contributed by atoms with Crippen LogP contribution in [0.2, 0.25) is 0 Å². The number of likely N-dealkylation sites (tertiary alicyclic amines) is 1. The lowest BCUT2D eigenvalue weighted by Gasteiger charge is -2.39. The van der Waals surface area contributed by atoms with Crippen molar-refractivity contribution in [2.75, 3.05) is 25.0 Å². The highest BCUT2D eigenvalue weighted by molar-refractivity contribution is 5.92. The van der Waals surface area contributed by atoms with E-state index in [0.29, 0.717) is 31.3 Å². The molecule has 2 N–H and O–H groups in total. The van der Waals surface area contributed by atoms with Crippen LogP contribution in [-0.2, 0) is 4.74 Å². The number of nitrogens with one attached hydrogen (secondary N) is 2. The Kier molecular flexibility index (Phi) is 4.08. The van der Waals surface area contributed by atoms with Crippen molar-refractivity contribution in [2.24, 2.45) is 0 Å². The zero-order valence-corrected chi connectivity index (χ0v) is 13.6. The fraction of sp³-hybridized carbons (Fsp3) is 0.500. The number of piperidine rings is 1. The summed E-state index contributed by atoms with van der Waals surface area (Å²) in [4.78, 5) is 29.0. The minimum atomic E-state index is -0.468. The van der Waals surface area contributed by atoms with Gasteiger partial charge in [-0.1, -0.05) is 0 Å². The molecule has 9 heteroatoms. The average molecular weight is 346 g/mol. The summed E-state index contributed by atoms with van der Waals surface area (Å²) in [5, 5.41) is 3.18. The van der Waals surface area contributed by atoms with E-state index in [1.54, 1.807) is 0 Å². The molecule has 0 aliphatic carbocycles. The van der Waals surface area contributed by atoms with E-state index >= 15 is 0 Å². The summed E-state index contributed by atoms with van der Waals surface area (Å²) in [5.41, 5.74) is 0.135. The molecule has 4 rings (SSSR count). The van der Waals surface area contributed by atoms with E-state index in [9.17, 15) is 9.18 Å². The molecule has 2 saturated heterocycles. The second-order valence-corrected chi connectivity index (χ2v) is 6.56. The van der Waals surface area contributed by atoms with Crippen LogP contribution in [-0.4, -0.2) is 62.1 Å². The maximum absolute atomic E-state index is 12.9. The Morgan fingerprint density at radius 2 is 2.24 bits per heavy atom. The second kappa shape index (κ2) is 6.40. The first-order valence-electron chi connectivity index (χ1n) is 8.29. The molecule has 2 aliphatic rings. The fourth-order valence-corrected chi connectivity index (χ4v) is 3.61. The van der Waals surface area contributed by atoms with E-state index in [1.165, 1.54) is 12.5 Å². The van der Waals surface area contributed by atoms with Gasteiger partial charge in [0.25, 0.3) is 5.91 Å². The fourth-order valence-electron chi connectivity index (χ4n) is 3.61. The van der Waals surface area contributed by atoms with E-state index in [-0.39, 0.29) is 17.6 Å². The van der Waals surface area contributed by atoms with Crippen molar-refractivity contribution >= 4 is 11.9 Å². The largest absolute Gasteiger partial charge is 0.371 e. The van der Waals surface area contributed by atoms with Crippen molar-refractivity contribution in [1.29, 1.82) is 0 Å². The summed E-state index contributed by atoms with van der Waals surface area (Å²) >= 11 is 0. The Hall–Kier alpha value is -2.55. The van der Waals surface area contributed by atoms with Crippen LogP contribution in [0.1, 0.15) is 29.8 Å². The zero-order valence-electron chi connectivity index (χ0n) is 13.6. The van der Waals surface area contributed by atoms with Crippen LogP contribution in [0.25, 0.3) is 0 Å². The molecule has 25 heavy (non-hydrogen) atoms. The summed E-state index contributed by atoms with van der Waals surface area (Å²) in [6.45, 7) is 1.77. The van der Waals surface area contributed by atoms with Crippen molar-refractivity contribution < 1.29 is 13.9 Å². The smallest absolute Gasteiger partial charge is 0.272 e. The third-order valence-electron chi connectivity index (χ3n) is 4.72. The first-order valence-corrected chi connectivity index (χ1v) is 8.29. The number of nitrogens with zero attached hydrogens (tertiary/aromatic N) is 4.